The Morgan fingerprint density at radius 2 is 2.33 bits per heavy atom. The molecule has 1 heterocycles. The summed E-state index contributed by atoms with van der Waals surface area (Å²) in [5.41, 5.74) is 1.11. The molecule has 1 saturated heterocycles. The Hall–Kier alpha value is -0.0900. The molecule has 2 nitrogen and oxygen atoms in total. The zero-order valence-corrected chi connectivity index (χ0v) is 12.6. The predicted octanol–water partition coefficient (Wildman–Crippen LogP) is 4.36. The quantitative estimate of drug-likeness (QED) is 0.745. The van der Waals surface area contributed by atoms with Gasteiger partial charge in [-0.15, -0.1) is 0 Å². The Labute approximate surface area is 122 Å². The van der Waals surface area contributed by atoms with Gasteiger partial charge in [-0.25, -0.2) is 0 Å². The van der Waals surface area contributed by atoms with Gasteiger partial charge in [-0.3, -0.25) is 0 Å². The van der Waals surface area contributed by atoms with E-state index < -0.39 is 0 Å². The van der Waals surface area contributed by atoms with Gasteiger partial charge in [0.2, 0.25) is 0 Å². The lowest BCUT2D eigenvalue weighted by Crippen LogP contribution is -2.25. The van der Waals surface area contributed by atoms with E-state index in [1.165, 1.54) is 12.8 Å². The molecule has 1 aromatic carbocycles. The predicted molar refractivity (Wildman–Crippen MR) is 77.5 cm³/mol. The van der Waals surface area contributed by atoms with Gasteiger partial charge in [0.1, 0.15) is 0 Å². The second-order valence-corrected chi connectivity index (χ2v) is 5.60. The van der Waals surface area contributed by atoms with Gasteiger partial charge in [0, 0.05) is 17.0 Å². The van der Waals surface area contributed by atoms with Crippen molar-refractivity contribution in [2.45, 2.75) is 31.5 Å². The van der Waals surface area contributed by atoms with E-state index in [0.29, 0.717) is 6.61 Å². The van der Waals surface area contributed by atoms with Crippen LogP contribution in [0.2, 0.25) is 5.02 Å². The van der Waals surface area contributed by atoms with Gasteiger partial charge in [-0.1, -0.05) is 39.7 Å². The molecule has 0 radical (unpaired) electrons. The first-order chi connectivity index (χ1) is 8.79. The summed E-state index contributed by atoms with van der Waals surface area (Å²) in [6.45, 7) is 1.52. The minimum Gasteiger partial charge on any atom is -0.376 e. The topological polar surface area (TPSA) is 18.5 Å². The van der Waals surface area contributed by atoms with Gasteiger partial charge in [0.25, 0.3) is 0 Å². The first-order valence-electron chi connectivity index (χ1n) is 6.34. The summed E-state index contributed by atoms with van der Waals surface area (Å²) in [6, 6.07) is 7.82. The van der Waals surface area contributed by atoms with Crippen molar-refractivity contribution in [1.82, 2.24) is 0 Å². The molecule has 1 fully saturated rings. The van der Waals surface area contributed by atoms with Crippen molar-refractivity contribution in [1.29, 1.82) is 0 Å². The van der Waals surface area contributed by atoms with Crippen LogP contribution in [0, 0.1) is 0 Å². The molecular weight excluding hydrogens is 316 g/mol. The molecule has 0 N–H and O–H groups in total. The van der Waals surface area contributed by atoms with Crippen LogP contribution in [0.1, 0.15) is 30.9 Å². The maximum atomic E-state index is 6.00. The lowest BCUT2D eigenvalue weighted by atomic mass is 10.1. The highest BCUT2D eigenvalue weighted by molar-refractivity contribution is 9.09. The third kappa shape index (κ3) is 4.23. The fraction of sp³-hybridized carbons (Fsp3) is 0.571. The van der Waals surface area contributed by atoms with Crippen LogP contribution in [0.4, 0.5) is 0 Å². The number of ether oxygens (including phenoxy) is 2. The minimum atomic E-state index is 0.0363. The fourth-order valence-electron chi connectivity index (χ4n) is 2.10. The van der Waals surface area contributed by atoms with Gasteiger partial charge in [-0.05, 0) is 37.0 Å². The standard InChI is InChI=1S/C14H18BrClO2/c15-9-14(11-4-3-5-12(16)8-11)18-10-13-6-1-2-7-17-13/h3-5,8,13-14H,1-2,6-7,9-10H2. The second kappa shape index (κ2) is 7.49. The summed E-state index contributed by atoms with van der Waals surface area (Å²) in [5, 5.41) is 1.51. The average Bonchev–Trinajstić information content (AvgIpc) is 2.41. The summed E-state index contributed by atoms with van der Waals surface area (Å²) in [5.74, 6) is 0. The van der Waals surface area contributed by atoms with E-state index in [4.69, 9.17) is 21.1 Å². The first-order valence-corrected chi connectivity index (χ1v) is 7.84. The van der Waals surface area contributed by atoms with Gasteiger partial charge in [0.05, 0.1) is 18.8 Å². The van der Waals surface area contributed by atoms with E-state index in [-0.39, 0.29) is 12.2 Å². The van der Waals surface area contributed by atoms with Crippen LogP contribution in [-0.2, 0) is 9.47 Å². The Morgan fingerprint density at radius 3 is 3.00 bits per heavy atom. The van der Waals surface area contributed by atoms with Crippen molar-refractivity contribution in [2.24, 2.45) is 0 Å². The Morgan fingerprint density at radius 1 is 1.44 bits per heavy atom. The summed E-state index contributed by atoms with van der Waals surface area (Å²) in [7, 11) is 0. The van der Waals surface area contributed by atoms with E-state index in [1.807, 2.05) is 24.3 Å². The van der Waals surface area contributed by atoms with E-state index in [2.05, 4.69) is 15.9 Å². The molecule has 100 valence electrons. The summed E-state index contributed by atoms with van der Waals surface area (Å²) in [4.78, 5) is 0. The molecule has 0 saturated carbocycles. The Kier molecular flexibility index (Phi) is 5.96. The number of hydrogen-bond acceptors (Lipinski definition) is 2. The van der Waals surface area contributed by atoms with Gasteiger partial charge >= 0.3 is 0 Å². The molecule has 4 heteroatoms. The van der Waals surface area contributed by atoms with E-state index in [0.717, 1.165) is 28.9 Å². The highest BCUT2D eigenvalue weighted by Crippen LogP contribution is 2.24. The number of hydrogen-bond donors (Lipinski definition) is 0. The van der Waals surface area contributed by atoms with E-state index in [1.54, 1.807) is 0 Å². The molecule has 0 bridgehead atoms. The second-order valence-electron chi connectivity index (χ2n) is 4.52. The van der Waals surface area contributed by atoms with Crippen LogP contribution >= 0.6 is 27.5 Å². The van der Waals surface area contributed by atoms with E-state index in [9.17, 15) is 0 Å². The van der Waals surface area contributed by atoms with Crippen molar-refractivity contribution in [2.75, 3.05) is 18.5 Å². The van der Waals surface area contributed by atoms with Crippen LogP contribution < -0.4 is 0 Å². The lowest BCUT2D eigenvalue weighted by molar-refractivity contribution is -0.0585. The van der Waals surface area contributed by atoms with Crippen LogP contribution in [0.15, 0.2) is 24.3 Å². The molecule has 0 amide bonds. The van der Waals surface area contributed by atoms with E-state index >= 15 is 0 Å². The molecule has 1 aromatic rings. The molecule has 1 aliphatic heterocycles. The van der Waals surface area contributed by atoms with Gasteiger partial charge in [0.15, 0.2) is 0 Å². The molecule has 0 aromatic heterocycles. The molecule has 2 atom stereocenters. The summed E-state index contributed by atoms with van der Waals surface area (Å²) >= 11 is 9.49. The van der Waals surface area contributed by atoms with Crippen LogP contribution in [0.3, 0.4) is 0 Å². The van der Waals surface area contributed by atoms with Crippen molar-refractivity contribution in [3.05, 3.63) is 34.9 Å². The molecule has 0 aliphatic carbocycles. The maximum absolute atomic E-state index is 6.00. The number of rotatable bonds is 5. The Balaban J connectivity index is 1.88. The number of halogens is 2. The fourth-order valence-corrected chi connectivity index (χ4v) is 2.86. The molecule has 2 rings (SSSR count). The normalized spacial score (nSPS) is 21.8. The monoisotopic (exact) mass is 332 g/mol. The highest BCUT2D eigenvalue weighted by atomic mass is 79.9. The molecule has 2 unspecified atom stereocenters. The number of alkyl halides is 1. The van der Waals surface area contributed by atoms with Gasteiger partial charge in [-0.2, -0.15) is 0 Å². The van der Waals surface area contributed by atoms with Crippen LogP contribution in [0.5, 0.6) is 0 Å². The third-order valence-corrected chi connectivity index (χ3v) is 3.94. The zero-order valence-electron chi connectivity index (χ0n) is 10.3. The largest absolute Gasteiger partial charge is 0.376 e. The third-order valence-electron chi connectivity index (χ3n) is 3.12. The summed E-state index contributed by atoms with van der Waals surface area (Å²) in [6.07, 6.45) is 3.80. The van der Waals surface area contributed by atoms with Crippen LogP contribution in [0.25, 0.3) is 0 Å². The minimum absolute atomic E-state index is 0.0363. The molecule has 18 heavy (non-hydrogen) atoms. The van der Waals surface area contributed by atoms with Crippen molar-refractivity contribution in [3.8, 4) is 0 Å². The number of benzene rings is 1. The molecule has 0 spiro atoms. The van der Waals surface area contributed by atoms with Crippen molar-refractivity contribution in [3.63, 3.8) is 0 Å². The molecular formula is C14H18BrClO2. The highest BCUT2D eigenvalue weighted by Gasteiger charge is 2.17. The van der Waals surface area contributed by atoms with Crippen molar-refractivity contribution >= 4 is 27.5 Å². The smallest absolute Gasteiger partial charge is 0.0923 e. The average molecular weight is 334 g/mol. The Bertz CT molecular complexity index is 367. The maximum Gasteiger partial charge on any atom is 0.0923 e. The zero-order chi connectivity index (χ0) is 12.8. The first kappa shape index (κ1) is 14.3. The van der Waals surface area contributed by atoms with Crippen LogP contribution in [-0.4, -0.2) is 24.6 Å². The van der Waals surface area contributed by atoms with Gasteiger partial charge < -0.3 is 9.47 Å². The SMILES string of the molecule is Clc1cccc(C(CBr)OCC2CCCCO2)c1. The lowest BCUT2D eigenvalue weighted by Gasteiger charge is -2.25. The van der Waals surface area contributed by atoms with Crippen molar-refractivity contribution < 1.29 is 9.47 Å². The summed E-state index contributed by atoms with van der Waals surface area (Å²) < 4.78 is 11.6. The molecule has 1 aliphatic rings.